The summed E-state index contributed by atoms with van der Waals surface area (Å²) in [5.74, 6) is -0.0650. The fourth-order valence-corrected chi connectivity index (χ4v) is 3.17. The van der Waals surface area contributed by atoms with Gasteiger partial charge < -0.3 is 15.4 Å². The molecule has 1 unspecified atom stereocenters. The van der Waals surface area contributed by atoms with E-state index in [1.54, 1.807) is 37.4 Å². The molecule has 156 valence electrons. The summed E-state index contributed by atoms with van der Waals surface area (Å²) in [7, 11) is 1.56. The summed E-state index contributed by atoms with van der Waals surface area (Å²) < 4.78 is 18.6. The third kappa shape index (κ3) is 6.42. The van der Waals surface area contributed by atoms with E-state index in [2.05, 4.69) is 16.0 Å². The molecule has 0 radical (unpaired) electrons. The Morgan fingerprint density at radius 3 is 2.69 bits per heavy atom. The van der Waals surface area contributed by atoms with E-state index in [0.717, 1.165) is 12.1 Å². The van der Waals surface area contributed by atoms with Crippen LogP contribution in [0.1, 0.15) is 11.6 Å². The molecule has 1 aliphatic heterocycles. The molecule has 2 aromatic carbocycles. The largest absolute Gasteiger partial charge is 0.497 e. The molecule has 1 heterocycles. The molecule has 1 saturated heterocycles. The lowest BCUT2D eigenvalue weighted by molar-refractivity contribution is -0.121. The fraction of sp³-hybridized carbons (Fsp3) is 0.300. The minimum Gasteiger partial charge on any atom is -0.497 e. The summed E-state index contributed by atoms with van der Waals surface area (Å²) in [5.41, 5.74) is 1.34. The van der Waals surface area contributed by atoms with Gasteiger partial charge in [-0.2, -0.15) is 0 Å². The molecule has 2 aromatic rings. The zero-order valence-corrected chi connectivity index (χ0v) is 16.8. The van der Waals surface area contributed by atoms with Gasteiger partial charge >= 0.3 is 6.03 Å². The number of hydrogen-bond acceptors (Lipinski definition) is 5. The average Bonchev–Trinajstić information content (AvgIpc) is 2.69. The van der Waals surface area contributed by atoms with Crippen molar-refractivity contribution in [1.29, 1.82) is 0 Å². The molecule has 29 heavy (non-hydrogen) atoms. The summed E-state index contributed by atoms with van der Waals surface area (Å²) in [6.45, 7) is 1.99. The van der Waals surface area contributed by atoms with Gasteiger partial charge in [-0.25, -0.2) is 9.18 Å². The van der Waals surface area contributed by atoms with E-state index in [4.69, 9.17) is 4.74 Å². The quantitative estimate of drug-likeness (QED) is 0.689. The summed E-state index contributed by atoms with van der Waals surface area (Å²) in [5, 5.41) is 8.19. The summed E-state index contributed by atoms with van der Waals surface area (Å²) >= 11 is 0. The number of imide groups is 1. The smallest absolute Gasteiger partial charge is 0.325 e. The predicted octanol–water partition coefficient (Wildman–Crippen LogP) is 2.55. The Bertz CT molecular complexity index is 835. The second-order valence-corrected chi connectivity index (χ2v) is 6.48. The Balaban J connectivity index is 0.00000300. The molecular weight excluding hydrogens is 399 g/mol. The fourth-order valence-electron chi connectivity index (χ4n) is 3.17. The highest BCUT2D eigenvalue weighted by Crippen LogP contribution is 2.22. The number of methoxy groups -OCH3 is 1. The first-order chi connectivity index (χ1) is 13.5. The van der Waals surface area contributed by atoms with Crippen LogP contribution in [0, 0.1) is 5.82 Å². The van der Waals surface area contributed by atoms with Crippen molar-refractivity contribution < 1.29 is 18.7 Å². The molecule has 3 rings (SSSR count). The van der Waals surface area contributed by atoms with Crippen molar-refractivity contribution in [3.05, 3.63) is 59.9 Å². The van der Waals surface area contributed by atoms with Crippen LogP contribution >= 0.6 is 12.4 Å². The molecule has 0 saturated carbocycles. The summed E-state index contributed by atoms with van der Waals surface area (Å²) in [6.07, 6.45) is 0. The second kappa shape index (κ2) is 10.8. The zero-order chi connectivity index (χ0) is 19.9. The van der Waals surface area contributed by atoms with Crippen molar-refractivity contribution in [3.63, 3.8) is 0 Å². The zero-order valence-electron chi connectivity index (χ0n) is 16.0. The van der Waals surface area contributed by atoms with E-state index in [0.29, 0.717) is 24.5 Å². The molecule has 7 nitrogen and oxygen atoms in total. The Hall–Kier alpha value is -2.68. The van der Waals surface area contributed by atoms with Gasteiger partial charge in [0, 0.05) is 31.4 Å². The lowest BCUT2D eigenvalue weighted by atomic mass is 10.0. The molecule has 3 N–H and O–H groups in total. The van der Waals surface area contributed by atoms with Crippen LogP contribution in [0.2, 0.25) is 0 Å². The molecule has 0 aliphatic carbocycles. The standard InChI is InChI=1S/C20H23FN4O3.ClH/c1-28-17-7-5-16(6-8-17)23-20(27)24-19(26)13-25-10-9-22-12-18(25)14-3-2-4-15(21)11-14;/h2-8,11,18,22H,9-10,12-13H2,1H3,(H2,23,24,26,27);1H. The van der Waals surface area contributed by atoms with Gasteiger partial charge in [-0.1, -0.05) is 12.1 Å². The van der Waals surface area contributed by atoms with Crippen LogP contribution in [0.5, 0.6) is 5.75 Å². The van der Waals surface area contributed by atoms with Gasteiger partial charge in [-0.3, -0.25) is 15.0 Å². The molecule has 9 heteroatoms. The van der Waals surface area contributed by atoms with E-state index in [-0.39, 0.29) is 30.8 Å². The van der Waals surface area contributed by atoms with Crippen molar-refractivity contribution in [2.24, 2.45) is 0 Å². The van der Waals surface area contributed by atoms with Gasteiger partial charge in [0.25, 0.3) is 0 Å². The van der Waals surface area contributed by atoms with Crippen LogP contribution in [-0.2, 0) is 4.79 Å². The highest BCUT2D eigenvalue weighted by molar-refractivity contribution is 6.01. The van der Waals surface area contributed by atoms with Crippen LogP contribution in [0.15, 0.2) is 48.5 Å². The molecule has 1 atom stereocenters. The van der Waals surface area contributed by atoms with Crippen molar-refractivity contribution in [1.82, 2.24) is 15.5 Å². The normalized spacial score (nSPS) is 16.4. The Morgan fingerprint density at radius 1 is 1.24 bits per heavy atom. The number of nitrogens with one attached hydrogen (secondary N) is 3. The minimum atomic E-state index is -0.604. The van der Waals surface area contributed by atoms with Gasteiger partial charge in [0.2, 0.25) is 5.91 Å². The number of anilines is 1. The van der Waals surface area contributed by atoms with E-state index >= 15 is 0 Å². The van der Waals surface area contributed by atoms with Gasteiger partial charge in [0.1, 0.15) is 11.6 Å². The summed E-state index contributed by atoms with van der Waals surface area (Å²) in [6, 6.07) is 12.4. The molecule has 0 bridgehead atoms. The Morgan fingerprint density at radius 2 is 2.00 bits per heavy atom. The van der Waals surface area contributed by atoms with Gasteiger partial charge in [0.15, 0.2) is 0 Å². The van der Waals surface area contributed by atoms with Crippen LogP contribution in [0.25, 0.3) is 0 Å². The molecule has 0 spiro atoms. The van der Waals surface area contributed by atoms with Gasteiger partial charge in [0.05, 0.1) is 13.7 Å². The maximum absolute atomic E-state index is 13.6. The number of rotatable bonds is 5. The predicted molar refractivity (Wildman–Crippen MR) is 111 cm³/mol. The molecule has 1 aliphatic rings. The number of carbonyl (C=O) groups is 2. The number of benzene rings is 2. The minimum absolute atomic E-state index is 0. The number of ether oxygens (including phenoxy) is 1. The SMILES string of the molecule is COc1ccc(NC(=O)NC(=O)CN2CCNCC2c2cccc(F)c2)cc1.Cl. The summed E-state index contributed by atoms with van der Waals surface area (Å²) in [4.78, 5) is 26.3. The Labute approximate surface area is 175 Å². The number of halogens is 2. The van der Waals surface area contributed by atoms with Crippen LogP contribution in [-0.4, -0.2) is 50.1 Å². The van der Waals surface area contributed by atoms with Crippen LogP contribution in [0.4, 0.5) is 14.9 Å². The average molecular weight is 423 g/mol. The highest BCUT2D eigenvalue weighted by Gasteiger charge is 2.26. The van der Waals surface area contributed by atoms with Crippen LogP contribution in [0.3, 0.4) is 0 Å². The monoisotopic (exact) mass is 422 g/mol. The van der Waals surface area contributed by atoms with Crippen molar-refractivity contribution in [3.8, 4) is 5.75 Å². The number of carbonyl (C=O) groups excluding carboxylic acids is 2. The Kier molecular flexibility index (Phi) is 8.38. The van der Waals surface area contributed by atoms with Crippen LogP contribution < -0.4 is 20.7 Å². The highest BCUT2D eigenvalue weighted by atomic mass is 35.5. The first-order valence-electron chi connectivity index (χ1n) is 9.00. The second-order valence-electron chi connectivity index (χ2n) is 6.48. The van der Waals surface area contributed by atoms with Gasteiger partial charge in [-0.15, -0.1) is 12.4 Å². The molecule has 3 amide bonds. The number of urea groups is 1. The number of amides is 3. The molecule has 1 fully saturated rings. The lowest BCUT2D eigenvalue weighted by Gasteiger charge is -2.35. The van der Waals surface area contributed by atoms with E-state index in [1.165, 1.54) is 12.1 Å². The van der Waals surface area contributed by atoms with E-state index in [1.807, 2.05) is 11.0 Å². The van der Waals surface area contributed by atoms with E-state index < -0.39 is 11.9 Å². The number of piperazine rings is 1. The maximum atomic E-state index is 13.6. The van der Waals surface area contributed by atoms with Crippen molar-refractivity contribution in [2.75, 3.05) is 38.6 Å². The topological polar surface area (TPSA) is 82.7 Å². The molecular formula is C20H24ClFN4O3. The lowest BCUT2D eigenvalue weighted by Crippen LogP contribution is -2.50. The number of nitrogens with zero attached hydrogens (tertiary/aromatic N) is 1. The van der Waals surface area contributed by atoms with E-state index in [9.17, 15) is 14.0 Å². The van der Waals surface area contributed by atoms with Crippen molar-refractivity contribution >= 4 is 30.0 Å². The first kappa shape index (κ1) is 22.6. The van der Waals surface area contributed by atoms with Crippen molar-refractivity contribution in [2.45, 2.75) is 6.04 Å². The first-order valence-corrected chi connectivity index (χ1v) is 9.00. The van der Waals surface area contributed by atoms with Gasteiger partial charge in [-0.05, 0) is 42.0 Å². The maximum Gasteiger partial charge on any atom is 0.325 e. The third-order valence-corrected chi connectivity index (χ3v) is 4.54. The molecule has 0 aromatic heterocycles. The number of hydrogen-bond donors (Lipinski definition) is 3. The third-order valence-electron chi connectivity index (χ3n) is 4.54.